The van der Waals surface area contributed by atoms with E-state index in [-0.39, 0.29) is 5.82 Å². The van der Waals surface area contributed by atoms with Crippen LogP contribution in [0.1, 0.15) is 18.4 Å². The molecule has 0 radical (unpaired) electrons. The van der Waals surface area contributed by atoms with Crippen molar-refractivity contribution in [1.29, 1.82) is 0 Å². The highest BCUT2D eigenvalue weighted by Crippen LogP contribution is 2.19. The molecule has 8 heteroatoms. The lowest BCUT2D eigenvalue weighted by Gasteiger charge is -2.11. The highest BCUT2D eigenvalue weighted by Gasteiger charge is 2.05. The molecule has 2 aromatic heterocycles. The first-order valence-electron chi connectivity index (χ1n) is 8.78. The Hall–Kier alpha value is -2.90. The second-order valence-electron chi connectivity index (χ2n) is 6.09. The quantitative estimate of drug-likeness (QED) is 0.327. The molecule has 2 heterocycles. The van der Waals surface area contributed by atoms with E-state index in [0.29, 0.717) is 0 Å². The van der Waals surface area contributed by atoms with Gasteiger partial charge in [0, 0.05) is 43.8 Å². The van der Waals surface area contributed by atoms with Gasteiger partial charge < -0.3 is 20.2 Å². The summed E-state index contributed by atoms with van der Waals surface area (Å²) in [5, 5.41) is 15.3. The number of halogens is 1. The summed E-state index contributed by atoms with van der Waals surface area (Å²) in [6, 6.07) is 4.83. The molecule has 0 aliphatic rings. The second kappa shape index (κ2) is 8.98. The topological polar surface area (TPSA) is 82.9 Å². The zero-order valence-corrected chi connectivity index (χ0v) is 14.9. The monoisotopic (exact) mass is 357 g/mol. The number of unbranched alkanes of at least 4 members (excludes halogenated alkanes) is 1. The first-order chi connectivity index (χ1) is 12.8. The first-order valence-corrected chi connectivity index (χ1v) is 8.78. The van der Waals surface area contributed by atoms with Gasteiger partial charge in [0.15, 0.2) is 5.96 Å². The molecule has 0 saturated carbocycles. The molecule has 0 atom stereocenters. The maximum Gasteiger partial charge on any atom is 0.190 e. The number of fused-ring (bicyclic) bond motifs is 1. The average Bonchev–Trinajstić information content (AvgIpc) is 3.29. The molecule has 0 aliphatic heterocycles. The molecule has 0 saturated heterocycles. The van der Waals surface area contributed by atoms with Gasteiger partial charge in [-0.1, -0.05) is 0 Å². The van der Waals surface area contributed by atoms with Crippen LogP contribution in [0, 0.1) is 5.82 Å². The Balaban J connectivity index is 1.37. The van der Waals surface area contributed by atoms with E-state index in [1.165, 1.54) is 12.1 Å². The molecule has 7 nitrogen and oxygen atoms in total. The van der Waals surface area contributed by atoms with Crippen LogP contribution in [0.4, 0.5) is 4.39 Å². The van der Waals surface area contributed by atoms with Crippen LogP contribution in [0.15, 0.2) is 42.0 Å². The van der Waals surface area contributed by atoms with Crippen LogP contribution in [0.25, 0.3) is 10.9 Å². The predicted octanol–water partition coefficient (Wildman–Crippen LogP) is 2.09. The van der Waals surface area contributed by atoms with E-state index in [4.69, 9.17) is 0 Å². The molecule has 3 rings (SSSR count). The van der Waals surface area contributed by atoms with Crippen molar-refractivity contribution in [2.75, 3.05) is 20.1 Å². The number of nitrogens with one attached hydrogen (secondary N) is 3. The summed E-state index contributed by atoms with van der Waals surface area (Å²) in [6.07, 6.45) is 8.31. The van der Waals surface area contributed by atoms with Gasteiger partial charge in [0.1, 0.15) is 18.5 Å². The molecule has 0 amide bonds. The number of rotatable bonds is 8. The van der Waals surface area contributed by atoms with Crippen LogP contribution in [-0.2, 0) is 13.0 Å². The van der Waals surface area contributed by atoms with Gasteiger partial charge in [-0.05, 0) is 43.0 Å². The third-order valence-corrected chi connectivity index (χ3v) is 4.24. The van der Waals surface area contributed by atoms with Gasteiger partial charge in [-0.3, -0.25) is 4.99 Å². The second-order valence-corrected chi connectivity index (χ2v) is 6.09. The zero-order valence-electron chi connectivity index (χ0n) is 14.9. The van der Waals surface area contributed by atoms with Gasteiger partial charge in [-0.25, -0.2) is 4.39 Å². The van der Waals surface area contributed by atoms with Crippen LogP contribution < -0.4 is 10.6 Å². The number of hydrogen-bond acceptors (Lipinski definition) is 3. The molecule has 3 N–H and O–H groups in total. The van der Waals surface area contributed by atoms with Gasteiger partial charge in [0.25, 0.3) is 0 Å². The number of aromatic nitrogens is 4. The molecular weight excluding hydrogens is 333 g/mol. The number of aromatic amines is 1. The maximum absolute atomic E-state index is 13.2. The number of guanidine groups is 1. The summed E-state index contributed by atoms with van der Waals surface area (Å²) in [4.78, 5) is 7.36. The minimum Gasteiger partial charge on any atom is -0.361 e. The third-order valence-electron chi connectivity index (χ3n) is 4.24. The number of H-pyrrole nitrogens is 1. The Kier molecular flexibility index (Phi) is 6.19. The lowest BCUT2D eigenvalue weighted by Crippen LogP contribution is -2.38. The van der Waals surface area contributed by atoms with Crippen molar-refractivity contribution in [3.05, 3.63) is 48.4 Å². The number of hydrogen-bond donors (Lipinski definition) is 3. The normalized spacial score (nSPS) is 11.8. The molecule has 0 unspecified atom stereocenters. The first kappa shape index (κ1) is 17.9. The van der Waals surface area contributed by atoms with Crippen LogP contribution >= 0.6 is 0 Å². The fourth-order valence-corrected chi connectivity index (χ4v) is 2.87. The number of aryl methyl sites for hydroxylation is 1. The van der Waals surface area contributed by atoms with E-state index in [0.717, 1.165) is 61.3 Å². The van der Waals surface area contributed by atoms with E-state index < -0.39 is 0 Å². The van der Waals surface area contributed by atoms with Gasteiger partial charge in [-0.15, -0.1) is 10.2 Å². The Morgan fingerprint density at radius 1 is 1.19 bits per heavy atom. The van der Waals surface area contributed by atoms with Crippen molar-refractivity contribution in [2.24, 2.45) is 4.99 Å². The number of nitrogens with zero attached hydrogens (tertiary/aromatic N) is 4. The summed E-state index contributed by atoms with van der Waals surface area (Å²) >= 11 is 0. The Bertz CT molecular complexity index is 838. The van der Waals surface area contributed by atoms with Gasteiger partial charge in [0.05, 0.1) is 0 Å². The van der Waals surface area contributed by atoms with Crippen molar-refractivity contribution in [3.63, 3.8) is 0 Å². The molecule has 26 heavy (non-hydrogen) atoms. The number of aliphatic imine (C=N–C) groups is 1. The standard InChI is InChI=1S/C18H24FN7/c1-20-18(21-7-2-3-9-26-12-24-25-13-26)22-8-6-14-11-23-17-10-15(19)4-5-16(14)17/h4-5,10-13,23H,2-3,6-9H2,1H3,(H2,20,21,22). The summed E-state index contributed by atoms with van der Waals surface area (Å²) in [6.45, 7) is 2.53. The maximum atomic E-state index is 13.2. The zero-order chi connectivity index (χ0) is 18.2. The Morgan fingerprint density at radius 2 is 2.00 bits per heavy atom. The van der Waals surface area contributed by atoms with E-state index in [1.54, 1.807) is 19.7 Å². The largest absolute Gasteiger partial charge is 0.361 e. The lowest BCUT2D eigenvalue weighted by atomic mass is 10.1. The third kappa shape index (κ3) is 4.81. The summed E-state index contributed by atoms with van der Waals surface area (Å²) in [5.74, 6) is 0.568. The van der Waals surface area contributed by atoms with Crippen molar-refractivity contribution < 1.29 is 4.39 Å². The summed E-state index contributed by atoms with van der Waals surface area (Å²) < 4.78 is 15.2. The molecule has 0 spiro atoms. The summed E-state index contributed by atoms with van der Waals surface area (Å²) in [5.41, 5.74) is 1.99. The van der Waals surface area contributed by atoms with Crippen LogP contribution in [0.5, 0.6) is 0 Å². The van der Waals surface area contributed by atoms with Crippen molar-refractivity contribution >= 4 is 16.9 Å². The SMILES string of the molecule is CN=C(NCCCCn1cnnc1)NCCc1c[nH]c2cc(F)ccc12. The van der Waals surface area contributed by atoms with E-state index >= 15 is 0 Å². The molecule has 138 valence electrons. The van der Waals surface area contributed by atoms with E-state index in [9.17, 15) is 4.39 Å². The minimum atomic E-state index is -0.224. The van der Waals surface area contributed by atoms with Crippen LogP contribution in [0.2, 0.25) is 0 Å². The Morgan fingerprint density at radius 3 is 2.81 bits per heavy atom. The van der Waals surface area contributed by atoms with Crippen molar-refractivity contribution in [1.82, 2.24) is 30.4 Å². The minimum absolute atomic E-state index is 0.224. The van der Waals surface area contributed by atoms with Gasteiger partial charge in [-0.2, -0.15) is 0 Å². The molecule has 0 aliphatic carbocycles. The smallest absolute Gasteiger partial charge is 0.190 e. The van der Waals surface area contributed by atoms with Crippen LogP contribution in [0.3, 0.4) is 0 Å². The average molecular weight is 357 g/mol. The van der Waals surface area contributed by atoms with Crippen LogP contribution in [-0.4, -0.2) is 45.8 Å². The van der Waals surface area contributed by atoms with Gasteiger partial charge >= 0.3 is 0 Å². The van der Waals surface area contributed by atoms with Crippen molar-refractivity contribution in [2.45, 2.75) is 25.8 Å². The summed E-state index contributed by atoms with van der Waals surface area (Å²) in [7, 11) is 1.76. The lowest BCUT2D eigenvalue weighted by molar-refractivity contribution is 0.597. The fraction of sp³-hybridized carbons (Fsp3) is 0.389. The van der Waals surface area contributed by atoms with Gasteiger partial charge in [0.2, 0.25) is 0 Å². The highest BCUT2D eigenvalue weighted by molar-refractivity contribution is 5.83. The number of benzene rings is 1. The van der Waals surface area contributed by atoms with E-state index in [2.05, 4.69) is 30.8 Å². The highest BCUT2D eigenvalue weighted by atomic mass is 19.1. The molecule has 1 aromatic carbocycles. The molecule has 0 fully saturated rings. The Labute approximate surface area is 151 Å². The molecular formula is C18H24FN7. The van der Waals surface area contributed by atoms with Crippen molar-refractivity contribution in [3.8, 4) is 0 Å². The predicted molar refractivity (Wildman–Crippen MR) is 101 cm³/mol. The molecule has 0 bridgehead atoms. The molecule has 3 aromatic rings. The fourth-order valence-electron chi connectivity index (χ4n) is 2.87. The van der Waals surface area contributed by atoms with E-state index in [1.807, 2.05) is 16.8 Å².